The summed E-state index contributed by atoms with van der Waals surface area (Å²) in [5.41, 5.74) is 7.18. The molecule has 0 aromatic heterocycles. The molecule has 1 unspecified atom stereocenters. The minimum Gasteiger partial charge on any atom is -0.384 e. The first-order valence-electron chi connectivity index (χ1n) is 5.76. The average Bonchev–Trinajstić information content (AvgIpc) is 2.34. The highest BCUT2D eigenvalue weighted by Crippen LogP contribution is 2.07. The largest absolute Gasteiger partial charge is 0.384 e. The van der Waals surface area contributed by atoms with E-state index in [0.29, 0.717) is 19.8 Å². The lowest BCUT2D eigenvalue weighted by Crippen LogP contribution is -2.16. The Bertz CT molecular complexity index is 349. The molecule has 94 valence electrons. The first kappa shape index (κ1) is 13.7. The zero-order valence-electron chi connectivity index (χ0n) is 10.4. The maximum absolute atomic E-state index is 7.28. The SMILES string of the molecule is CCOCC(C)OCc1ccc(C(=N)N)cc1. The molecule has 0 radical (unpaired) electrons. The molecule has 0 spiro atoms. The zero-order chi connectivity index (χ0) is 12.7. The number of hydrogen-bond acceptors (Lipinski definition) is 3. The Morgan fingerprint density at radius 3 is 2.53 bits per heavy atom. The van der Waals surface area contributed by atoms with Crippen molar-refractivity contribution in [2.75, 3.05) is 13.2 Å². The smallest absolute Gasteiger partial charge is 0.122 e. The van der Waals surface area contributed by atoms with E-state index in [4.69, 9.17) is 20.6 Å². The lowest BCUT2D eigenvalue weighted by Gasteiger charge is -2.13. The summed E-state index contributed by atoms with van der Waals surface area (Å²) < 4.78 is 10.9. The van der Waals surface area contributed by atoms with Gasteiger partial charge in [0.15, 0.2) is 0 Å². The van der Waals surface area contributed by atoms with Crippen LogP contribution in [-0.4, -0.2) is 25.2 Å². The van der Waals surface area contributed by atoms with Gasteiger partial charge in [-0.15, -0.1) is 0 Å². The van der Waals surface area contributed by atoms with Crippen LogP contribution in [0.3, 0.4) is 0 Å². The van der Waals surface area contributed by atoms with Gasteiger partial charge in [-0.05, 0) is 19.4 Å². The highest BCUT2D eigenvalue weighted by atomic mass is 16.5. The van der Waals surface area contributed by atoms with Crippen molar-refractivity contribution in [2.45, 2.75) is 26.6 Å². The van der Waals surface area contributed by atoms with Crippen LogP contribution in [0.4, 0.5) is 0 Å². The monoisotopic (exact) mass is 236 g/mol. The first-order chi connectivity index (χ1) is 8.13. The van der Waals surface area contributed by atoms with Crippen LogP contribution in [0.1, 0.15) is 25.0 Å². The van der Waals surface area contributed by atoms with Gasteiger partial charge in [-0.1, -0.05) is 24.3 Å². The maximum atomic E-state index is 7.28. The predicted octanol–water partition coefficient (Wildman–Crippen LogP) is 1.91. The van der Waals surface area contributed by atoms with Crippen molar-refractivity contribution in [1.82, 2.24) is 0 Å². The molecule has 1 aromatic rings. The van der Waals surface area contributed by atoms with Crippen LogP contribution in [0.15, 0.2) is 24.3 Å². The van der Waals surface area contributed by atoms with E-state index in [1.54, 1.807) is 0 Å². The van der Waals surface area contributed by atoms with Crippen LogP contribution < -0.4 is 5.73 Å². The highest BCUT2D eigenvalue weighted by Gasteiger charge is 2.03. The molecule has 0 aliphatic rings. The Morgan fingerprint density at radius 1 is 1.35 bits per heavy atom. The molecule has 0 aliphatic heterocycles. The van der Waals surface area contributed by atoms with Gasteiger partial charge < -0.3 is 15.2 Å². The Kier molecular flexibility index (Phi) is 5.66. The quantitative estimate of drug-likeness (QED) is 0.561. The number of hydrogen-bond donors (Lipinski definition) is 2. The van der Waals surface area contributed by atoms with Crippen LogP contribution in [0.2, 0.25) is 0 Å². The molecule has 17 heavy (non-hydrogen) atoms. The van der Waals surface area contributed by atoms with Crippen LogP contribution in [-0.2, 0) is 16.1 Å². The summed E-state index contributed by atoms with van der Waals surface area (Å²) in [6.07, 6.45) is 0.0856. The maximum Gasteiger partial charge on any atom is 0.122 e. The molecule has 0 saturated heterocycles. The summed E-state index contributed by atoms with van der Waals surface area (Å²) >= 11 is 0. The lowest BCUT2D eigenvalue weighted by molar-refractivity contribution is -0.0116. The van der Waals surface area contributed by atoms with E-state index in [2.05, 4.69) is 0 Å². The van der Waals surface area contributed by atoms with Crippen molar-refractivity contribution in [3.63, 3.8) is 0 Å². The van der Waals surface area contributed by atoms with Crippen LogP contribution in [0.25, 0.3) is 0 Å². The molecule has 0 fully saturated rings. The molecule has 0 amide bonds. The van der Waals surface area contributed by atoms with Crippen molar-refractivity contribution in [1.29, 1.82) is 5.41 Å². The third-order valence-corrected chi connectivity index (χ3v) is 2.36. The molecule has 0 saturated carbocycles. The number of nitrogens with one attached hydrogen (secondary N) is 1. The minimum atomic E-state index is 0.0854. The van der Waals surface area contributed by atoms with Gasteiger partial charge in [0.1, 0.15) is 5.84 Å². The second-order valence-corrected chi connectivity index (χ2v) is 3.89. The van der Waals surface area contributed by atoms with Gasteiger partial charge in [-0.3, -0.25) is 5.41 Å². The zero-order valence-corrected chi connectivity index (χ0v) is 10.4. The minimum absolute atomic E-state index is 0.0854. The van der Waals surface area contributed by atoms with Crippen LogP contribution in [0.5, 0.6) is 0 Å². The Balaban J connectivity index is 2.39. The van der Waals surface area contributed by atoms with E-state index in [0.717, 1.165) is 11.1 Å². The second kappa shape index (κ2) is 7.04. The van der Waals surface area contributed by atoms with E-state index in [-0.39, 0.29) is 11.9 Å². The summed E-state index contributed by atoms with van der Waals surface area (Å²) in [4.78, 5) is 0. The molecule has 0 heterocycles. The van der Waals surface area contributed by atoms with Crippen molar-refractivity contribution in [3.8, 4) is 0 Å². The third-order valence-electron chi connectivity index (χ3n) is 2.36. The topological polar surface area (TPSA) is 68.3 Å². The Hall–Kier alpha value is -1.39. The normalized spacial score (nSPS) is 12.4. The number of nitrogen functional groups attached to an aromatic ring is 1. The van der Waals surface area contributed by atoms with E-state index >= 15 is 0 Å². The van der Waals surface area contributed by atoms with Crippen molar-refractivity contribution < 1.29 is 9.47 Å². The number of rotatable bonds is 7. The van der Waals surface area contributed by atoms with Gasteiger partial charge in [0.2, 0.25) is 0 Å². The van der Waals surface area contributed by atoms with Gasteiger partial charge >= 0.3 is 0 Å². The van der Waals surface area contributed by atoms with Gasteiger partial charge in [-0.2, -0.15) is 0 Å². The summed E-state index contributed by atoms with van der Waals surface area (Å²) in [7, 11) is 0. The Labute approximate surface area is 102 Å². The Morgan fingerprint density at radius 2 is 2.00 bits per heavy atom. The van der Waals surface area contributed by atoms with E-state index in [1.165, 1.54) is 0 Å². The van der Waals surface area contributed by atoms with Crippen LogP contribution in [0, 0.1) is 5.41 Å². The fourth-order valence-corrected chi connectivity index (χ4v) is 1.35. The molecule has 1 atom stereocenters. The molecule has 3 N–H and O–H groups in total. The van der Waals surface area contributed by atoms with Crippen molar-refractivity contribution in [2.24, 2.45) is 5.73 Å². The summed E-state index contributed by atoms with van der Waals surface area (Å²) in [6, 6.07) is 7.50. The molecule has 4 nitrogen and oxygen atoms in total. The van der Waals surface area contributed by atoms with E-state index in [9.17, 15) is 0 Å². The third kappa shape index (κ3) is 4.97. The summed E-state index contributed by atoms with van der Waals surface area (Å²) in [5.74, 6) is 0.0854. The van der Waals surface area contributed by atoms with Gasteiger partial charge in [0.05, 0.1) is 19.3 Å². The molecule has 0 aliphatic carbocycles. The van der Waals surface area contributed by atoms with Crippen molar-refractivity contribution in [3.05, 3.63) is 35.4 Å². The lowest BCUT2D eigenvalue weighted by atomic mass is 10.1. The standard InChI is InChI=1S/C13H20N2O2/c1-3-16-8-10(2)17-9-11-4-6-12(7-5-11)13(14)15/h4-7,10H,3,8-9H2,1-2H3,(H3,14,15). The van der Waals surface area contributed by atoms with Gasteiger partial charge in [0.25, 0.3) is 0 Å². The first-order valence-corrected chi connectivity index (χ1v) is 5.76. The summed E-state index contributed by atoms with van der Waals surface area (Å²) in [5, 5.41) is 7.28. The average molecular weight is 236 g/mol. The molecule has 1 rings (SSSR count). The van der Waals surface area contributed by atoms with Gasteiger partial charge in [0, 0.05) is 12.2 Å². The van der Waals surface area contributed by atoms with E-state index in [1.807, 2.05) is 38.1 Å². The molecular weight excluding hydrogens is 216 g/mol. The molecule has 0 bridgehead atoms. The fraction of sp³-hybridized carbons (Fsp3) is 0.462. The highest BCUT2D eigenvalue weighted by molar-refractivity contribution is 5.94. The van der Waals surface area contributed by atoms with Gasteiger partial charge in [-0.25, -0.2) is 0 Å². The molecule has 4 heteroatoms. The fourth-order valence-electron chi connectivity index (χ4n) is 1.35. The predicted molar refractivity (Wildman–Crippen MR) is 68.2 cm³/mol. The molecule has 1 aromatic carbocycles. The number of benzene rings is 1. The number of nitrogens with two attached hydrogens (primary N) is 1. The molecular formula is C13H20N2O2. The number of amidine groups is 1. The second-order valence-electron chi connectivity index (χ2n) is 3.89. The van der Waals surface area contributed by atoms with Crippen molar-refractivity contribution >= 4 is 5.84 Å². The van der Waals surface area contributed by atoms with E-state index < -0.39 is 0 Å². The van der Waals surface area contributed by atoms with Crippen LogP contribution >= 0.6 is 0 Å². The number of ether oxygens (including phenoxy) is 2. The summed E-state index contributed by atoms with van der Waals surface area (Å²) in [6.45, 7) is 5.82.